The number of rotatable bonds is 6. The Morgan fingerprint density at radius 3 is 1.98 bits per heavy atom. The van der Waals surface area contributed by atoms with Crippen LogP contribution in [-0.2, 0) is 30.4 Å². The molecule has 3 rings (SSSR count). The molecule has 12 nitrogen and oxygen atoms in total. The van der Waals surface area contributed by atoms with Crippen LogP contribution in [0.15, 0.2) is 60.7 Å². The second-order valence-electron chi connectivity index (χ2n) is 13.3. The average molecular weight is 663 g/mol. The maximum Gasteiger partial charge on any atom is 0.254 e. The standard InChI is InChI=1S/C36H50N6O6/c1-22(2)18-29-36(48)41(7)25(6)33(45)37-24(5)32(44)40-31(23(3)4)34(46)38-28(19-26-14-10-8-11-15-26)20-42(21-30(43)39-29)35(47)27-16-12-9-13-17-27/h8-17,22-25,28-29,31H,18-21H2,1-7H3,(H,37,45)(H,38,46)(H,39,43)(H,40,44)/t24-,25+,28+,29+,31+/m1/s1. The third kappa shape index (κ3) is 10.6. The number of hydrogen-bond acceptors (Lipinski definition) is 6. The Balaban J connectivity index is 2.08. The largest absolute Gasteiger partial charge is 0.349 e. The SMILES string of the molecule is CC(C)C[C@@H]1NC(=O)CN(C(=O)c2ccccc2)C[C@H](Cc2ccccc2)NC(=O)[C@H](C(C)C)NC(=O)[C@@H](C)NC(=O)[C@H](C)N(C)C1=O. The molecular formula is C36H50N6O6. The van der Waals surface area contributed by atoms with Gasteiger partial charge < -0.3 is 31.1 Å². The summed E-state index contributed by atoms with van der Waals surface area (Å²) in [6, 6.07) is 13.4. The quantitative estimate of drug-likeness (QED) is 0.370. The zero-order valence-electron chi connectivity index (χ0n) is 29.0. The lowest BCUT2D eigenvalue weighted by Crippen LogP contribution is -2.60. The van der Waals surface area contributed by atoms with Crippen LogP contribution in [-0.4, -0.2) is 95.6 Å². The zero-order chi connectivity index (χ0) is 35.5. The van der Waals surface area contributed by atoms with Crippen LogP contribution in [0, 0.1) is 11.8 Å². The Hall–Kier alpha value is -4.74. The fraction of sp³-hybridized carbons (Fsp3) is 0.500. The van der Waals surface area contributed by atoms with Gasteiger partial charge in [0.25, 0.3) is 5.91 Å². The van der Waals surface area contributed by atoms with Gasteiger partial charge >= 0.3 is 0 Å². The molecule has 0 radical (unpaired) electrons. The molecule has 0 saturated carbocycles. The molecule has 1 aliphatic rings. The van der Waals surface area contributed by atoms with E-state index in [1.54, 1.807) is 44.2 Å². The van der Waals surface area contributed by atoms with E-state index >= 15 is 0 Å². The van der Waals surface area contributed by atoms with E-state index in [9.17, 15) is 28.8 Å². The van der Waals surface area contributed by atoms with E-state index in [1.165, 1.54) is 30.7 Å². The summed E-state index contributed by atoms with van der Waals surface area (Å²) in [6.07, 6.45) is 0.618. The molecule has 0 aromatic heterocycles. The van der Waals surface area contributed by atoms with Crippen molar-refractivity contribution in [2.24, 2.45) is 11.8 Å². The number of hydrogen-bond donors (Lipinski definition) is 4. The van der Waals surface area contributed by atoms with E-state index in [-0.39, 0.29) is 24.8 Å². The molecule has 0 unspecified atom stereocenters. The number of nitrogens with zero attached hydrogens (tertiary/aromatic N) is 2. The van der Waals surface area contributed by atoms with Crippen LogP contribution in [0.1, 0.15) is 63.9 Å². The predicted molar refractivity (Wildman–Crippen MR) is 182 cm³/mol. The van der Waals surface area contributed by atoms with E-state index in [0.717, 1.165) is 5.56 Å². The highest BCUT2D eigenvalue weighted by atomic mass is 16.2. The maximum atomic E-state index is 13.9. The maximum absolute atomic E-state index is 13.9. The monoisotopic (exact) mass is 662 g/mol. The van der Waals surface area contributed by atoms with Crippen molar-refractivity contribution in [2.75, 3.05) is 20.1 Å². The van der Waals surface area contributed by atoms with Gasteiger partial charge in [0.15, 0.2) is 0 Å². The Bertz CT molecular complexity index is 1430. The summed E-state index contributed by atoms with van der Waals surface area (Å²) in [5.74, 6) is -3.38. The molecule has 48 heavy (non-hydrogen) atoms. The van der Waals surface area contributed by atoms with Gasteiger partial charge in [-0.2, -0.15) is 0 Å². The summed E-state index contributed by atoms with van der Waals surface area (Å²) in [7, 11) is 1.47. The van der Waals surface area contributed by atoms with Gasteiger partial charge in [0.1, 0.15) is 24.2 Å². The van der Waals surface area contributed by atoms with Gasteiger partial charge in [-0.15, -0.1) is 0 Å². The van der Waals surface area contributed by atoms with Gasteiger partial charge in [0.2, 0.25) is 29.5 Å². The number of benzene rings is 2. The lowest BCUT2D eigenvalue weighted by Gasteiger charge is -2.33. The summed E-state index contributed by atoms with van der Waals surface area (Å²) in [4.78, 5) is 84.1. The number of carbonyl (C=O) groups is 6. The smallest absolute Gasteiger partial charge is 0.254 e. The van der Waals surface area contributed by atoms with Crippen molar-refractivity contribution < 1.29 is 28.8 Å². The molecule has 2 aromatic carbocycles. The molecule has 6 amide bonds. The Labute approximate surface area is 283 Å². The minimum Gasteiger partial charge on any atom is -0.349 e. The van der Waals surface area contributed by atoms with Crippen molar-refractivity contribution in [3.05, 3.63) is 71.8 Å². The van der Waals surface area contributed by atoms with Crippen molar-refractivity contribution in [3.8, 4) is 0 Å². The number of amides is 6. The highest BCUT2D eigenvalue weighted by Crippen LogP contribution is 2.14. The van der Waals surface area contributed by atoms with Crippen LogP contribution in [0.3, 0.4) is 0 Å². The van der Waals surface area contributed by atoms with E-state index in [2.05, 4.69) is 21.3 Å². The van der Waals surface area contributed by atoms with Gasteiger partial charge in [-0.1, -0.05) is 76.2 Å². The fourth-order valence-corrected chi connectivity index (χ4v) is 5.53. The third-order valence-corrected chi connectivity index (χ3v) is 8.40. The molecule has 5 atom stereocenters. The van der Waals surface area contributed by atoms with Gasteiger partial charge in [-0.25, -0.2) is 0 Å². The van der Waals surface area contributed by atoms with Crippen molar-refractivity contribution in [2.45, 2.75) is 84.6 Å². The van der Waals surface area contributed by atoms with Crippen molar-refractivity contribution >= 4 is 35.4 Å². The first kappa shape index (κ1) is 37.7. The topological polar surface area (TPSA) is 157 Å². The molecule has 1 heterocycles. The summed E-state index contributed by atoms with van der Waals surface area (Å²) < 4.78 is 0. The van der Waals surface area contributed by atoms with E-state index in [0.29, 0.717) is 12.0 Å². The molecule has 0 aliphatic carbocycles. The van der Waals surface area contributed by atoms with Gasteiger partial charge in [0.05, 0.1) is 12.6 Å². The van der Waals surface area contributed by atoms with Gasteiger partial charge in [-0.3, -0.25) is 28.8 Å². The third-order valence-electron chi connectivity index (χ3n) is 8.40. The highest BCUT2D eigenvalue weighted by Gasteiger charge is 2.34. The lowest BCUT2D eigenvalue weighted by atomic mass is 10.00. The molecule has 260 valence electrons. The number of likely N-dealkylation sites (N-methyl/N-ethyl adjacent to an activating group) is 1. The Morgan fingerprint density at radius 2 is 1.40 bits per heavy atom. The zero-order valence-corrected chi connectivity index (χ0v) is 29.0. The minimum absolute atomic E-state index is 0.0137. The molecular weight excluding hydrogens is 612 g/mol. The second-order valence-corrected chi connectivity index (χ2v) is 13.3. The van der Waals surface area contributed by atoms with Gasteiger partial charge in [0, 0.05) is 19.2 Å². The normalized spacial score (nSPS) is 23.9. The summed E-state index contributed by atoms with van der Waals surface area (Å²) in [5, 5.41) is 11.2. The highest BCUT2D eigenvalue weighted by molar-refractivity contribution is 5.98. The first-order valence-corrected chi connectivity index (χ1v) is 16.5. The first-order valence-electron chi connectivity index (χ1n) is 16.5. The predicted octanol–water partition coefficient (Wildman–Crippen LogP) is 1.89. The first-order chi connectivity index (χ1) is 22.7. The Morgan fingerprint density at radius 1 is 0.792 bits per heavy atom. The van der Waals surface area contributed by atoms with E-state index in [4.69, 9.17) is 0 Å². The molecule has 1 fully saturated rings. The summed E-state index contributed by atoms with van der Waals surface area (Å²) in [5.41, 5.74) is 1.25. The molecule has 0 spiro atoms. The fourth-order valence-electron chi connectivity index (χ4n) is 5.53. The van der Waals surface area contributed by atoms with Crippen LogP contribution in [0.2, 0.25) is 0 Å². The molecule has 0 bridgehead atoms. The Kier molecular flexibility index (Phi) is 13.7. The van der Waals surface area contributed by atoms with Crippen LogP contribution in [0.25, 0.3) is 0 Å². The summed E-state index contributed by atoms with van der Waals surface area (Å²) >= 11 is 0. The molecule has 12 heteroatoms. The summed E-state index contributed by atoms with van der Waals surface area (Å²) in [6.45, 7) is 10.0. The molecule has 2 aromatic rings. The van der Waals surface area contributed by atoms with Gasteiger partial charge in [-0.05, 0) is 56.2 Å². The van der Waals surface area contributed by atoms with E-state index in [1.807, 2.05) is 44.2 Å². The lowest BCUT2D eigenvalue weighted by molar-refractivity contribution is -0.142. The second kappa shape index (κ2) is 17.4. The van der Waals surface area contributed by atoms with Crippen LogP contribution in [0.5, 0.6) is 0 Å². The van der Waals surface area contributed by atoms with Crippen molar-refractivity contribution in [3.63, 3.8) is 0 Å². The van der Waals surface area contributed by atoms with Crippen LogP contribution < -0.4 is 21.3 Å². The van der Waals surface area contributed by atoms with Crippen LogP contribution >= 0.6 is 0 Å². The van der Waals surface area contributed by atoms with Crippen LogP contribution in [0.4, 0.5) is 0 Å². The van der Waals surface area contributed by atoms with Crippen molar-refractivity contribution in [1.29, 1.82) is 0 Å². The minimum atomic E-state index is -1.01. The molecule has 1 aliphatic heterocycles. The molecule has 4 N–H and O–H groups in total. The average Bonchev–Trinajstić information content (AvgIpc) is 3.04. The van der Waals surface area contributed by atoms with E-state index < -0.39 is 72.2 Å². The van der Waals surface area contributed by atoms with Crippen molar-refractivity contribution in [1.82, 2.24) is 31.1 Å². The number of nitrogens with one attached hydrogen (secondary N) is 4. The number of carbonyl (C=O) groups excluding carboxylic acids is 6. The molecule has 1 saturated heterocycles.